The maximum atomic E-state index is 12.2. The number of carbonyl (C=O) groups is 1. The van der Waals surface area contributed by atoms with Crippen LogP contribution in [0.4, 0.5) is 0 Å². The molecule has 0 aliphatic heterocycles. The molecule has 0 atom stereocenters. The number of aromatic amines is 1. The molecule has 2 N–H and O–H groups in total. The van der Waals surface area contributed by atoms with Crippen molar-refractivity contribution in [3.05, 3.63) is 59.7 Å². The molecule has 6 nitrogen and oxygen atoms in total. The summed E-state index contributed by atoms with van der Waals surface area (Å²) in [7, 11) is 0. The van der Waals surface area contributed by atoms with Crippen molar-refractivity contribution in [2.75, 3.05) is 0 Å². The molecule has 3 aromatic heterocycles. The largest absolute Gasteiger partial charge is 0.455 e. The Kier molecular flexibility index (Phi) is 3.33. The maximum Gasteiger partial charge on any atom is 0.180 e. The molecule has 26 heavy (non-hydrogen) atoms. The number of hydrogen-bond donors (Lipinski definition) is 2. The van der Waals surface area contributed by atoms with Crippen LogP contribution in [0.2, 0.25) is 0 Å². The summed E-state index contributed by atoms with van der Waals surface area (Å²) in [4.78, 5) is 19.9. The summed E-state index contributed by atoms with van der Waals surface area (Å²) in [6.45, 7) is -0.144. The standard InChI is InChI=1S/C20H17N3O3/c24-11-13-5-7-18(26-13)20-21-8-9-23(20)12-4-6-14-15-2-1-3-17(25)19(15)22-16(14)10-12/h4-10,22,24H,1-3,11H2. The molecular weight excluding hydrogens is 330 g/mol. The Hall–Kier alpha value is -3.12. The lowest BCUT2D eigenvalue weighted by atomic mass is 9.95. The van der Waals surface area contributed by atoms with Gasteiger partial charge >= 0.3 is 0 Å². The average Bonchev–Trinajstić information content (AvgIpc) is 3.38. The third-order valence-electron chi connectivity index (χ3n) is 4.96. The first-order chi connectivity index (χ1) is 12.7. The minimum atomic E-state index is -0.144. The van der Waals surface area contributed by atoms with Crippen molar-refractivity contribution in [3.63, 3.8) is 0 Å². The van der Waals surface area contributed by atoms with Crippen molar-refractivity contribution in [1.82, 2.24) is 14.5 Å². The summed E-state index contributed by atoms with van der Waals surface area (Å²) >= 11 is 0. The Labute approximate surface area is 149 Å². The Morgan fingerprint density at radius 1 is 1.23 bits per heavy atom. The normalized spacial score (nSPS) is 14.1. The predicted octanol–water partition coefficient (Wildman–Crippen LogP) is 3.62. The van der Waals surface area contributed by atoms with Gasteiger partial charge in [-0.15, -0.1) is 0 Å². The lowest BCUT2D eigenvalue weighted by Gasteiger charge is -2.09. The maximum absolute atomic E-state index is 12.2. The molecule has 5 rings (SSSR count). The van der Waals surface area contributed by atoms with Crippen molar-refractivity contribution >= 4 is 16.7 Å². The first-order valence-corrected chi connectivity index (χ1v) is 8.66. The minimum Gasteiger partial charge on any atom is -0.455 e. The number of nitrogens with zero attached hydrogens (tertiary/aromatic N) is 2. The van der Waals surface area contributed by atoms with Crippen LogP contribution >= 0.6 is 0 Å². The summed E-state index contributed by atoms with van der Waals surface area (Å²) in [5, 5.41) is 10.3. The lowest BCUT2D eigenvalue weighted by molar-refractivity contribution is 0.0968. The lowest BCUT2D eigenvalue weighted by Crippen LogP contribution is -2.09. The van der Waals surface area contributed by atoms with Gasteiger partial charge in [-0.2, -0.15) is 0 Å². The first-order valence-electron chi connectivity index (χ1n) is 8.66. The number of rotatable bonds is 3. The molecule has 0 spiro atoms. The molecule has 130 valence electrons. The highest BCUT2D eigenvalue weighted by molar-refractivity contribution is 6.03. The van der Waals surface area contributed by atoms with Crippen molar-refractivity contribution in [2.45, 2.75) is 25.9 Å². The number of aryl methyl sites for hydroxylation is 1. The van der Waals surface area contributed by atoms with E-state index in [1.54, 1.807) is 18.3 Å². The molecule has 4 aromatic rings. The smallest absolute Gasteiger partial charge is 0.180 e. The number of aliphatic hydroxyl groups is 1. The molecule has 1 aliphatic carbocycles. The zero-order valence-electron chi connectivity index (χ0n) is 14.0. The van der Waals surface area contributed by atoms with Crippen molar-refractivity contribution in [3.8, 4) is 17.3 Å². The molecule has 6 heteroatoms. The van der Waals surface area contributed by atoms with Gasteiger partial charge in [-0.05, 0) is 42.7 Å². The van der Waals surface area contributed by atoms with E-state index >= 15 is 0 Å². The van der Waals surface area contributed by atoms with Crippen LogP contribution < -0.4 is 0 Å². The van der Waals surface area contributed by atoms with E-state index in [2.05, 4.69) is 16.0 Å². The number of hydrogen-bond acceptors (Lipinski definition) is 4. The Morgan fingerprint density at radius 3 is 3.00 bits per heavy atom. The van der Waals surface area contributed by atoms with Crippen LogP contribution in [0.15, 0.2) is 47.1 Å². The second kappa shape index (κ2) is 5.71. The number of imidazole rings is 1. The van der Waals surface area contributed by atoms with Gasteiger partial charge in [-0.3, -0.25) is 9.36 Å². The van der Waals surface area contributed by atoms with Gasteiger partial charge in [-0.1, -0.05) is 6.07 Å². The van der Waals surface area contributed by atoms with Crippen LogP contribution in [-0.2, 0) is 13.0 Å². The topological polar surface area (TPSA) is 84.0 Å². The molecule has 0 fully saturated rings. The Morgan fingerprint density at radius 2 is 2.15 bits per heavy atom. The third-order valence-corrected chi connectivity index (χ3v) is 4.96. The molecule has 0 radical (unpaired) electrons. The highest BCUT2D eigenvalue weighted by Gasteiger charge is 2.22. The molecular formula is C20H17N3O3. The number of nitrogens with one attached hydrogen (secondary N) is 1. The van der Waals surface area contributed by atoms with Crippen LogP contribution in [0.25, 0.3) is 28.2 Å². The monoisotopic (exact) mass is 347 g/mol. The van der Waals surface area contributed by atoms with E-state index in [1.807, 2.05) is 22.9 Å². The van der Waals surface area contributed by atoms with Gasteiger partial charge in [0.15, 0.2) is 17.4 Å². The van der Waals surface area contributed by atoms with Crippen LogP contribution in [0.3, 0.4) is 0 Å². The number of ketones is 1. The van der Waals surface area contributed by atoms with Gasteiger partial charge in [0.1, 0.15) is 12.4 Å². The Balaban J connectivity index is 1.62. The molecule has 0 bridgehead atoms. The molecule has 1 aliphatic rings. The third kappa shape index (κ3) is 2.23. The first kappa shape index (κ1) is 15.2. The van der Waals surface area contributed by atoms with E-state index in [0.29, 0.717) is 23.8 Å². The number of fused-ring (bicyclic) bond motifs is 3. The average molecular weight is 347 g/mol. The van der Waals surface area contributed by atoms with Crippen LogP contribution in [0.1, 0.15) is 34.7 Å². The fraction of sp³-hybridized carbons (Fsp3) is 0.200. The van der Waals surface area contributed by atoms with Gasteiger partial charge in [-0.25, -0.2) is 4.98 Å². The van der Waals surface area contributed by atoms with E-state index in [4.69, 9.17) is 4.42 Å². The number of aliphatic hydroxyl groups excluding tert-OH is 1. The van der Waals surface area contributed by atoms with Crippen molar-refractivity contribution < 1.29 is 14.3 Å². The summed E-state index contributed by atoms with van der Waals surface area (Å²) in [6, 6.07) is 9.65. The molecule has 0 unspecified atom stereocenters. The van der Waals surface area contributed by atoms with Gasteiger partial charge in [0.25, 0.3) is 0 Å². The number of aromatic nitrogens is 3. The zero-order chi connectivity index (χ0) is 17.7. The highest BCUT2D eigenvalue weighted by Crippen LogP contribution is 2.31. The SMILES string of the molecule is O=C1CCCc2c1[nH]c1cc(-n3ccnc3-c3ccc(CO)o3)ccc21. The Bertz CT molecular complexity index is 1130. The molecule has 0 amide bonds. The summed E-state index contributed by atoms with van der Waals surface area (Å²) < 4.78 is 7.55. The van der Waals surface area contributed by atoms with E-state index < -0.39 is 0 Å². The van der Waals surface area contributed by atoms with E-state index in [1.165, 1.54) is 0 Å². The van der Waals surface area contributed by atoms with E-state index in [9.17, 15) is 9.90 Å². The number of carbonyl (C=O) groups excluding carboxylic acids is 1. The van der Waals surface area contributed by atoms with Crippen LogP contribution in [0, 0.1) is 0 Å². The second-order valence-electron chi connectivity index (χ2n) is 6.53. The van der Waals surface area contributed by atoms with Gasteiger partial charge in [0.05, 0.1) is 5.69 Å². The summed E-state index contributed by atoms with van der Waals surface area (Å²) in [5.41, 5.74) is 3.77. The fourth-order valence-corrected chi connectivity index (χ4v) is 3.72. The van der Waals surface area contributed by atoms with Gasteiger partial charge < -0.3 is 14.5 Å². The number of furan rings is 1. The molecule has 0 saturated heterocycles. The fourth-order valence-electron chi connectivity index (χ4n) is 3.72. The second-order valence-corrected chi connectivity index (χ2v) is 6.53. The predicted molar refractivity (Wildman–Crippen MR) is 96.3 cm³/mol. The summed E-state index contributed by atoms with van der Waals surface area (Å²) in [5.74, 6) is 1.96. The molecule has 0 saturated carbocycles. The number of Topliss-reactive ketones (excluding diaryl/α,β-unsaturated/α-hetero) is 1. The van der Waals surface area contributed by atoms with Crippen LogP contribution in [-0.4, -0.2) is 25.4 Å². The zero-order valence-corrected chi connectivity index (χ0v) is 14.0. The van der Waals surface area contributed by atoms with Gasteiger partial charge in [0.2, 0.25) is 0 Å². The number of H-pyrrole nitrogens is 1. The molecule has 3 heterocycles. The van der Waals surface area contributed by atoms with Gasteiger partial charge in [0, 0.05) is 35.4 Å². The minimum absolute atomic E-state index is 0.144. The number of benzene rings is 1. The van der Waals surface area contributed by atoms with E-state index in [0.717, 1.165) is 40.7 Å². The summed E-state index contributed by atoms with van der Waals surface area (Å²) in [6.07, 6.45) is 6.05. The highest BCUT2D eigenvalue weighted by atomic mass is 16.4. The quantitative estimate of drug-likeness (QED) is 0.593. The molecule has 1 aromatic carbocycles. The van der Waals surface area contributed by atoms with Crippen molar-refractivity contribution in [2.24, 2.45) is 0 Å². The van der Waals surface area contributed by atoms with E-state index in [-0.39, 0.29) is 12.4 Å². The van der Waals surface area contributed by atoms with Crippen molar-refractivity contribution in [1.29, 1.82) is 0 Å². The van der Waals surface area contributed by atoms with Crippen LogP contribution in [0.5, 0.6) is 0 Å².